The van der Waals surface area contributed by atoms with E-state index in [1.165, 1.54) is 0 Å². The summed E-state index contributed by atoms with van der Waals surface area (Å²) in [6, 6.07) is 17.8. The number of fused-ring (bicyclic) bond motifs is 2. The Morgan fingerprint density at radius 1 is 1.00 bits per heavy atom. The van der Waals surface area contributed by atoms with Gasteiger partial charge in [0.15, 0.2) is 5.41 Å². The van der Waals surface area contributed by atoms with Crippen molar-refractivity contribution in [3.05, 3.63) is 68.1 Å². The molecule has 2 fully saturated rings. The van der Waals surface area contributed by atoms with E-state index in [-0.39, 0.29) is 15.6 Å². The monoisotopic (exact) mass is 514 g/mol. The highest BCUT2D eigenvalue weighted by Crippen LogP contribution is 2.69. The SMILES string of the molecule is CC1C2(c3ccc(Br)cc3)OC(=N)C1(C#N)C(C#N)(C#N)C(c1c(Cl)cccc1Cl)O2. The third kappa shape index (κ3) is 2.54. The van der Waals surface area contributed by atoms with Crippen LogP contribution in [0.5, 0.6) is 0 Å². The lowest BCUT2D eigenvalue weighted by molar-refractivity contribution is -0.288. The first kappa shape index (κ1) is 21.6. The number of nitriles is 3. The first-order chi connectivity index (χ1) is 14.7. The standard InChI is InChI=1S/C22H13BrCl2N4O2/c1-12-21(11-28)19(29)31-22(12,13-5-7-14(23)8-6-13)30-18(20(21,9-26)10-27)17-15(24)3-2-4-16(17)25/h2-8,12,18,29H,1H3. The van der Waals surface area contributed by atoms with Gasteiger partial charge >= 0.3 is 0 Å². The van der Waals surface area contributed by atoms with Gasteiger partial charge in [-0.2, -0.15) is 15.8 Å². The van der Waals surface area contributed by atoms with Gasteiger partial charge in [0.05, 0.1) is 24.1 Å². The molecule has 0 amide bonds. The molecular formula is C22H13BrCl2N4O2. The van der Waals surface area contributed by atoms with Crippen molar-refractivity contribution < 1.29 is 9.47 Å². The summed E-state index contributed by atoms with van der Waals surface area (Å²) in [5.74, 6) is -2.97. The van der Waals surface area contributed by atoms with Crippen molar-refractivity contribution >= 4 is 45.0 Å². The van der Waals surface area contributed by atoms with Gasteiger partial charge < -0.3 is 9.47 Å². The maximum atomic E-state index is 10.3. The maximum absolute atomic E-state index is 10.3. The van der Waals surface area contributed by atoms with Crippen LogP contribution in [0.15, 0.2) is 46.9 Å². The second-order valence-electron chi connectivity index (χ2n) is 7.41. The smallest absolute Gasteiger partial charge is 0.244 e. The van der Waals surface area contributed by atoms with E-state index >= 15 is 0 Å². The quantitative estimate of drug-likeness (QED) is 0.537. The molecule has 1 N–H and O–H groups in total. The number of benzene rings is 2. The molecule has 31 heavy (non-hydrogen) atoms. The van der Waals surface area contributed by atoms with Crippen LogP contribution in [0, 0.1) is 56.2 Å². The van der Waals surface area contributed by atoms with Gasteiger partial charge in [-0.25, -0.2) is 0 Å². The molecule has 154 valence electrons. The highest BCUT2D eigenvalue weighted by Gasteiger charge is 2.80. The molecule has 6 nitrogen and oxygen atoms in total. The Hall–Kier alpha value is -2.60. The molecule has 0 saturated carbocycles. The fourth-order valence-electron chi connectivity index (χ4n) is 4.57. The molecule has 4 unspecified atom stereocenters. The van der Waals surface area contributed by atoms with Crippen LogP contribution < -0.4 is 0 Å². The van der Waals surface area contributed by atoms with E-state index in [2.05, 4.69) is 22.0 Å². The zero-order valence-electron chi connectivity index (χ0n) is 16.0. The summed E-state index contributed by atoms with van der Waals surface area (Å²) in [7, 11) is 0. The summed E-state index contributed by atoms with van der Waals surface area (Å²) in [6.45, 7) is 1.64. The fourth-order valence-corrected chi connectivity index (χ4v) is 5.43. The number of hydrogen-bond donors (Lipinski definition) is 1. The number of rotatable bonds is 2. The molecular weight excluding hydrogens is 503 g/mol. The van der Waals surface area contributed by atoms with Gasteiger partial charge in [0.1, 0.15) is 6.10 Å². The summed E-state index contributed by atoms with van der Waals surface area (Å²) in [5, 5.41) is 39.8. The van der Waals surface area contributed by atoms with Crippen LogP contribution in [0.2, 0.25) is 10.0 Å². The van der Waals surface area contributed by atoms with Crippen LogP contribution >= 0.6 is 39.1 Å². The molecule has 2 bridgehead atoms. The zero-order chi connectivity index (χ0) is 22.6. The van der Waals surface area contributed by atoms with Crippen LogP contribution in [0.1, 0.15) is 24.2 Å². The van der Waals surface area contributed by atoms with Gasteiger partial charge in [0.2, 0.25) is 17.1 Å². The van der Waals surface area contributed by atoms with Gasteiger partial charge in [-0.05, 0) is 24.3 Å². The average molecular weight is 516 g/mol. The summed E-state index contributed by atoms with van der Waals surface area (Å²) in [6.07, 6.45) is -1.36. The molecule has 2 aliphatic heterocycles. The van der Waals surface area contributed by atoms with Crippen LogP contribution in [0.25, 0.3) is 0 Å². The Labute approximate surface area is 197 Å². The van der Waals surface area contributed by atoms with Crippen molar-refractivity contribution in [2.75, 3.05) is 0 Å². The number of hydrogen-bond acceptors (Lipinski definition) is 6. The van der Waals surface area contributed by atoms with E-state index in [1.807, 2.05) is 12.1 Å². The summed E-state index contributed by atoms with van der Waals surface area (Å²) >= 11 is 16.2. The number of nitrogens with one attached hydrogen (secondary N) is 1. The van der Waals surface area contributed by atoms with Crippen LogP contribution in [0.4, 0.5) is 0 Å². The summed E-state index contributed by atoms with van der Waals surface area (Å²) in [4.78, 5) is 0. The molecule has 2 aromatic rings. The van der Waals surface area contributed by atoms with E-state index in [0.717, 1.165) is 4.47 Å². The van der Waals surface area contributed by atoms with Crippen molar-refractivity contribution in [3.8, 4) is 18.2 Å². The molecule has 4 atom stereocenters. The van der Waals surface area contributed by atoms with Crippen molar-refractivity contribution in [3.63, 3.8) is 0 Å². The second-order valence-corrected chi connectivity index (χ2v) is 9.14. The van der Waals surface area contributed by atoms with Crippen molar-refractivity contribution in [1.29, 1.82) is 21.2 Å². The van der Waals surface area contributed by atoms with Crippen LogP contribution in [-0.2, 0) is 15.3 Å². The lowest BCUT2D eigenvalue weighted by Crippen LogP contribution is -2.57. The number of ether oxygens (including phenoxy) is 2. The minimum atomic E-state index is -2.14. The predicted octanol–water partition coefficient (Wildman–Crippen LogP) is 5.87. The van der Waals surface area contributed by atoms with Gasteiger partial charge in [-0.1, -0.05) is 64.3 Å². The first-order valence-electron chi connectivity index (χ1n) is 9.13. The Morgan fingerprint density at radius 3 is 2.10 bits per heavy atom. The Bertz CT molecular complexity index is 1200. The third-order valence-electron chi connectivity index (χ3n) is 6.18. The molecule has 2 heterocycles. The molecule has 4 rings (SSSR count). The summed E-state index contributed by atoms with van der Waals surface area (Å²) in [5.41, 5.74) is -3.33. The van der Waals surface area contributed by atoms with Gasteiger partial charge in [-0.3, -0.25) is 5.41 Å². The first-order valence-corrected chi connectivity index (χ1v) is 10.7. The van der Waals surface area contributed by atoms with E-state index < -0.39 is 34.5 Å². The third-order valence-corrected chi connectivity index (χ3v) is 7.37. The zero-order valence-corrected chi connectivity index (χ0v) is 19.1. The maximum Gasteiger partial charge on any atom is 0.244 e. The number of halogens is 3. The van der Waals surface area contributed by atoms with Crippen LogP contribution in [0.3, 0.4) is 0 Å². The molecule has 0 aliphatic carbocycles. The number of nitrogens with zero attached hydrogens (tertiary/aromatic N) is 3. The minimum Gasteiger partial charge on any atom is -0.443 e. The normalized spacial score (nSPS) is 30.5. The molecule has 2 saturated heterocycles. The van der Waals surface area contributed by atoms with E-state index in [9.17, 15) is 15.8 Å². The van der Waals surface area contributed by atoms with E-state index in [0.29, 0.717) is 5.56 Å². The van der Waals surface area contributed by atoms with E-state index in [1.54, 1.807) is 49.4 Å². The largest absolute Gasteiger partial charge is 0.443 e. The topological polar surface area (TPSA) is 114 Å². The molecule has 9 heteroatoms. The lowest BCUT2D eigenvalue weighted by Gasteiger charge is -2.49. The Kier molecular flexibility index (Phi) is 5.04. The molecule has 0 spiro atoms. The van der Waals surface area contributed by atoms with Crippen molar-refractivity contribution in [2.24, 2.45) is 16.7 Å². The second kappa shape index (κ2) is 7.23. The highest BCUT2D eigenvalue weighted by atomic mass is 79.9. The molecule has 0 radical (unpaired) electrons. The lowest BCUT2D eigenvalue weighted by atomic mass is 9.53. The minimum absolute atomic E-state index is 0.173. The van der Waals surface area contributed by atoms with Crippen LogP contribution in [-0.4, -0.2) is 5.90 Å². The molecule has 0 aromatic heterocycles. The molecule has 2 aliphatic rings. The Balaban J connectivity index is 2.09. The van der Waals surface area contributed by atoms with Gasteiger partial charge in [0, 0.05) is 25.6 Å². The summed E-state index contributed by atoms with van der Waals surface area (Å²) < 4.78 is 13.1. The Morgan fingerprint density at radius 2 is 1.58 bits per heavy atom. The van der Waals surface area contributed by atoms with Crippen molar-refractivity contribution in [1.82, 2.24) is 0 Å². The average Bonchev–Trinajstić information content (AvgIpc) is 2.91. The van der Waals surface area contributed by atoms with Gasteiger partial charge in [0.25, 0.3) is 0 Å². The molecule has 2 aromatic carbocycles. The van der Waals surface area contributed by atoms with E-state index in [4.69, 9.17) is 38.1 Å². The fraction of sp³-hybridized carbons (Fsp3) is 0.273. The van der Waals surface area contributed by atoms with Crippen molar-refractivity contribution in [2.45, 2.75) is 18.8 Å². The van der Waals surface area contributed by atoms with Gasteiger partial charge in [-0.15, -0.1) is 0 Å². The predicted molar refractivity (Wildman–Crippen MR) is 116 cm³/mol. The highest BCUT2D eigenvalue weighted by molar-refractivity contribution is 9.10.